The fourth-order valence-corrected chi connectivity index (χ4v) is 3.69. The number of likely N-dealkylation sites (tertiary alicyclic amines) is 2. The van der Waals surface area contributed by atoms with E-state index in [4.69, 9.17) is 4.74 Å². The Labute approximate surface area is 134 Å². The molecular weight excluding hydrogens is 280 g/mol. The molecule has 0 aromatic rings. The van der Waals surface area contributed by atoms with E-state index in [2.05, 4.69) is 11.8 Å². The standard InChI is InChI=1S/C17H30N2O3/c1-5-22-16(21)17(3,4)15(20)18-11-8-14(9-12-18)19-10-6-7-13(19)2/h13-14H,5-12H2,1-4H3/t13-/m0/s1. The van der Waals surface area contributed by atoms with Crippen molar-refractivity contribution in [3.05, 3.63) is 0 Å². The van der Waals surface area contributed by atoms with Gasteiger partial charge < -0.3 is 9.64 Å². The maximum Gasteiger partial charge on any atom is 0.321 e. The van der Waals surface area contributed by atoms with E-state index in [1.807, 2.05) is 4.90 Å². The second-order valence-electron chi connectivity index (χ2n) is 7.10. The summed E-state index contributed by atoms with van der Waals surface area (Å²) in [4.78, 5) is 29.1. The predicted molar refractivity (Wildman–Crippen MR) is 85.4 cm³/mol. The Morgan fingerprint density at radius 1 is 1.14 bits per heavy atom. The van der Waals surface area contributed by atoms with Crippen LogP contribution in [0.3, 0.4) is 0 Å². The molecule has 5 heteroatoms. The lowest BCUT2D eigenvalue weighted by Gasteiger charge is -2.40. The van der Waals surface area contributed by atoms with Crippen molar-refractivity contribution in [2.45, 2.75) is 65.5 Å². The van der Waals surface area contributed by atoms with E-state index in [-0.39, 0.29) is 5.91 Å². The predicted octanol–water partition coefficient (Wildman–Crippen LogP) is 2.05. The van der Waals surface area contributed by atoms with Crippen molar-refractivity contribution in [2.75, 3.05) is 26.2 Å². The van der Waals surface area contributed by atoms with Gasteiger partial charge in [0.1, 0.15) is 5.41 Å². The second-order valence-corrected chi connectivity index (χ2v) is 7.10. The summed E-state index contributed by atoms with van der Waals surface area (Å²) in [5.41, 5.74) is -1.08. The number of amides is 1. The lowest BCUT2D eigenvalue weighted by atomic mass is 9.90. The van der Waals surface area contributed by atoms with Crippen LogP contribution < -0.4 is 0 Å². The third-order valence-electron chi connectivity index (χ3n) is 5.15. The van der Waals surface area contributed by atoms with Gasteiger partial charge in [0.2, 0.25) is 5.91 Å². The summed E-state index contributed by atoms with van der Waals surface area (Å²) in [6, 6.07) is 1.26. The number of rotatable bonds is 4. The summed E-state index contributed by atoms with van der Waals surface area (Å²) < 4.78 is 5.04. The van der Waals surface area contributed by atoms with Crippen molar-refractivity contribution in [3.8, 4) is 0 Å². The van der Waals surface area contributed by atoms with Gasteiger partial charge in [0.05, 0.1) is 6.61 Å². The number of piperidine rings is 1. The molecule has 2 aliphatic rings. The summed E-state index contributed by atoms with van der Waals surface area (Å²) >= 11 is 0. The number of carbonyl (C=O) groups excluding carboxylic acids is 2. The fourth-order valence-electron chi connectivity index (χ4n) is 3.69. The number of esters is 1. The lowest BCUT2D eigenvalue weighted by molar-refractivity contribution is -0.163. The first-order valence-electron chi connectivity index (χ1n) is 8.60. The highest BCUT2D eigenvalue weighted by Gasteiger charge is 2.42. The van der Waals surface area contributed by atoms with Crippen LogP contribution in [0.1, 0.15) is 53.4 Å². The molecule has 2 rings (SSSR count). The number of ether oxygens (including phenoxy) is 1. The molecule has 2 aliphatic heterocycles. The van der Waals surface area contributed by atoms with E-state index in [9.17, 15) is 9.59 Å². The smallest absolute Gasteiger partial charge is 0.321 e. The zero-order valence-electron chi connectivity index (χ0n) is 14.4. The van der Waals surface area contributed by atoms with Crippen LogP contribution in [0.2, 0.25) is 0 Å². The normalized spacial score (nSPS) is 24.5. The van der Waals surface area contributed by atoms with Crippen LogP contribution in [0.5, 0.6) is 0 Å². The van der Waals surface area contributed by atoms with Gasteiger partial charge >= 0.3 is 5.97 Å². The topological polar surface area (TPSA) is 49.9 Å². The first kappa shape index (κ1) is 17.3. The molecule has 5 nitrogen and oxygen atoms in total. The Balaban J connectivity index is 1.90. The molecule has 0 spiro atoms. The number of hydrogen-bond donors (Lipinski definition) is 0. The Morgan fingerprint density at radius 3 is 2.27 bits per heavy atom. The summed E-state index contributed by atoms with van der Waals surface area (Å²) in [6.07, 6.45) is 4.59. The van der Waals surface area contributed by atoms with Crippen molar-refractivity contribution in [1.29, 1.82) is 0 Å². The number of carbonyl (C=O) groups is 2. The summed E-state index contributed by atoms with van der Waals surface area (Å²) in [6.45, 7) is 10.4. The van der Waals surface area contributed by atoms with E-state index in [1.54, 1.807) is 20.8 Å². The summed E-state index contributed by atoms with van der Waals surface area (Å²) in [7, 11) is 0. The Hall–Kier alpha value is -1.10. The molecule has 0 saturated carbocycles. The van der Waals surface area contributed by atoms with Gasteiger partial charge in [0.25, 0.3) is 0 Å². The maximum atomic E-state index is 12.6. The van der Waals surface area contributed by atoms with Gasteiger partial charge in [-0.1, -0.05) is 0 Å². The third kappa shape index (κ3) is 3.45. The molecule has 0 aromatic heterocycles. The van der Waals surface area contributed by atoms with Crippen LogP contribution in [0, 0.1) is 5.41 Å². The molecule has 0 radical (unpaired) electrons. The molecule has 0 bridgehead atoms. The van der Waals surface area contributed by atoms with E-state index >= 15 is 0 Å². The van der Waals surface area contributed by atoms with Crippen LogP contribution in [0.25, 0.3) is 0 Å². The van der Waals surface area contributed by atoms with E-state index < -0.39 is 11.4 Å². The highest BCUT2D eigenvalue weighted by molar-refractivity contribution is 6.01. The van der Waals surface area contributed by atoms with Crippen LogP contribution in [0.4, 0.5) is 0 Å². The lowest BCUT2D eigenvalue weighted by Crippen LogP contribution is -2.52. The number of nitrogens with zero attached hydrogens (tertiary/aromatic N) is 2. The minimum Gasteiger partial charge on any atom is -0.465 e. The fraction of sp³-hybridized carbons (Fsp3) is 0.882. The Bertz CT molecular complexity index is 414. The average molecular weight is 310 g/mol. The number of hydrogen-bond acceptors (Lipinski definition) is 4. The molecule has 1 amide bonds. The SMILES string of the molecule is CCOC(=O)C(C)(C)C(=O)N1CCC(N2CCC[C@@H]2C)CC1. The van der Waals surface area contributed by atoms with E-state index in [0.717, 1.165) is 25.9 Å². The summed E-state index contributed by atoms with van der Waals surface area (Å²) in [5, 5.41) is 0. The van der Waals surface area contributed by atoms with Gasteiger partial charge in [-0.15, -0.1) is 0 Å². The molecule has 22 heavy (non-hydrogen) atoms. The minimum atomic E-state index is -1.08. The van der Waals surface area contributed by atoms with Gasteiger partial charge in [0.15, 0.2) is 0 Å². The zero-order valence-corrected chi connectivity index (χ0v) is 14.4. The van der Waals surface area contributed by atoms with Crippen molar-refractivity contribution >= 4 is 11.9 Å². The van der Waals surface area contributed by atoms with E-state index in [1.165, 1.54) is 19.4 Å². The molecule has 0 aliphatic carbocycles. The van der Waals surface area contributed by atoms with Crippen molar-refractivity contribution in [2.24, 2.45) is 5.41 Å². The third-order valence-corrected chi connectivity index (χ3v) is 5.15. The maximum absolute atomic E-state index is 12.6. The molecule has 2 heterocycles. The molecule has 126 valence electrons. The first-order chi connectivity index (χ1) is 10.4. The molecule has 0 N–H and O–H groups in total. The quantitative estimate of drug-likeness (QED) is 0.589. The Kier molecular flexibility index (Phi) is 5.48. The molecule has 0 aromatic carbocycles. The first-order valence-corrected chi connectivity index (χ1v) is 8.60. The minimum absolute atomic E-state index is 0.0983. The molecule has 2 saturated heterocycles. The second kappa shape index (κ2) is 6.99. The van der Waals surface area contributed by atoms with Crippen molar-refractivity contribution in [3.63, 3.8) is 0 Å². The van der Waals surface area contributed by atoms with Crippen LogP contribution in [-0.4, -0.2) is 60.0 Å². The van der Waals surface area contributed by atoms with Crippen LogP contribution in [0.15, 0.2) is 0 Å². The zero-order chi connectivity index (χ0) is 16.3. The van der Waals surface area contributed by atoms with E-state index in [0.29, 0.717) is 18.7 Å². The van der Waals surface area contributed by atoms with Gasteiger partial charge in [-0.25, -0.2) is 0 Å². The molecular formula is C17H30N2O3. The van der Waals surface area contributed by atoms with Crippen molar-refractivity contribution < 1.29 is 14.3 Å². The van der Waals surface area contributed by atoms with Crippen LogP contribution >= 0.6 is 0 Å². The molecule has 2 fully saturated rings. The van der Waals surface area contributed by atoms with Gasteiger partial charge in [-0.05, 0) is 59.9 Å². The highest BCUT2D eigenvalue weighted by atomic mass is 16.5. The van der Waals surface area contributed by atoms with Gasteiger partial charge in [0, 0.05) is 25.2 Å². The largest absolute Gasteiger partial charge is 0.465 e. The molecule has 1 atom stereocenters. The van der Waals surface area contributed by atoms with Gasteiger partial charge in [-0.2, -0.15) is 0 Å². The Morgan fingerprint density at radius 2 is 1.77 bits per heavy atom. The van der Waals surface area contributed by atoms with Crippen LogP contribution in [-0.2, 0) is 14.3 Å². The highest BCUT2D eigenvalue weighted by Crippen LogP contribution is 2.28. The van der Waals surface area contributed by atoms with Crippen molar-refractivity contribution in [1.82, 2.24) is 9.80 Å². The average Bonchev–Trinajstić information content (AvgIpc) is 2.93. The monoisotopic (exact) mass is 310 g/mol. The molecule has 0 unspecified atom stereocenters. The summed E-state index contributed by atoms with van der Waals surface area (Å²) in [5.74, 6) is -0.519. The van der Waals surface area contributed by atoms with Gasteiger partial charge in [-0.3, -0.25) is 14.5 Å².